The van der Waals surface area contributed by atoms with Gasteiger partial charge in [0, 0.05) is 18.2 Å². The number of amides is 1. The second-order valence-corrected chi connectivity index (χ2v) is 4.59. The predicted molar refractivity (Wildman–Crippen MR) is 76.0 cm³/mol. The predicted octanol–water partition coefficient (Wildman–Crippen LogP) is 1.40. The number of rotatable bonds is 7. The molecule has 0 aliphatic heterocycles. The highest BCUT2D eigenvalue weighted by Crippen LogP contribution is 2.13. The first-order chi connectivity index (χ1) is 9.08. The number of hydrogen-bond donors (Lipinski definition) is 2. The van der Waals surface area contributed by atoms with E-state index in [9.17, 15) is 4.79 Å². The molecule has 0 aromatic heterocycles. The average Bonchev–Trinajstić information content (AvgIpc) is 2.45. The highest BCUT2D eigenvalue weighted by molar-refractivity contribution is 5.94. The minimum atomic E-state index is -0.317. The summed E-state index contributed by atoms with van der Waals surface area (Å²) < 4.78 is 5.64. The quantitative estimate of drug-likeness (QED) is 0.444. The number of benzene rings is 1. The zero-order chi connectivity index (χ0) is 14.3. The Bertz CT molecular complexity index is 409. The Morgan fingerprint density at radius 1 is 1.53 bits per heavy atom. The highest BCUT2D eigenvalue weighted by Gasteiger charge is 2.07. The van der Waals surface area contributed by atoms with Crippen molar-refractivity contribution in [2.24, 2.45) is 5.84 Å². The summed E-state index contributed by atoms with van der Waals surface area (Å²) in [6.45, 7) is 5.79. The Labute approximate surface area is 114 Å². The summed E-state index contributed by atoms with van der Waals surface area (Å²) in [6, 6.07) is 7.53. The van der Waals surface area contributed by atoms with E-state index in [1.807, 2.05) is 6.07 Å². The van der Waals surface area contributed by atoms with Crippen molar-refractivity contribution in [2.45, 2.75) is 26.3 Å². The number of ether oxygens (including phenoxy) is 1. The van der Waals surface area contributed by atoms with Crippen molar-refractivity contribution in [1.29, 1.82) is 0 Å². The van der Waals surface area contributed by atoms with Gasteiger partial charge in [0.25, 0.3) is 5.91 Å². The third-order valence-electron chi connectivity index (χ3n) is 3.28. The summed E-state index contributed by atoms with van der Waals surface area (Å²) in [5.74, 6) is 5.46. The molecule has 0 saturated carbocycles. The summed E-state index contributed by atoms with van der Waals surface area (Å²) in [5, 5.41) is 0. The molecule has 0 aliphatic rings. The Kier molecular flexibility index (Phi) is 6.32. The van der Waals surface area contributed by atoms with Crippen LogP contribution in [0.25, 0.3) is 0 Å². The Balaban J connectivity index is 2.47. The van der Waals surface area contributed by atoms with E-state index in [0.717, 1.165) is 13.0 Å². The molecule has 1 aromatic rings. The molecule has 19 heavy (non-hydrogen) atoms. The molecule has 0 spiro atoms. The molecule has 106 valence electrons. The monoisotopic (exact) mass is 265 g/mol. The van der Waals surface area contributed by atoms with Crippen LogP contribution in [0, 0.1) is 0 Å². The molecule has 1 aromatic carbocycles. The maximum atomic E-state index is 11.4. The van der Waals surface area contributed by atoms with Crippen LogP contribution >= 0.6 is 0 Å². The fourth-order valence-electron chi connectivity index (χ4n) is 1.65. The van der Waals surface area contributed by atoms with Crippen LogP contribution in [0.15, 0.2) is 24.3 Å². The number of nitrogen functional groups attached to an aromatic ring is 1. The van der Waals surface area contributed by atoms with Crippen molar-refractivity contribution >= 4 is 5.91 Å². The van der Waals surface area contributed by atoms with Crippen LogP contribution in [0.1, 0.15) is 30.6 Å². The molecule has 5 heteroatoms. The number of nitrogens with two attached hydrogens (primary N) is 1. The minimum Gasteiger partial charge on any atom is -0.492 e. The van der Waals surface area contributed by atoms with E-state index in [4.69, 9.17) is 10.6 Å². The summed E-state index contributed by atoms with van der Waals surface area (Å²) in [4.78, 5) is 13.6. The molecule has 0 heterocycles. The number of nitrogens with one attached hydrogen (secondary N) is 1. The number of likely N-dealkylation sites (N-methyl/N-ethyl adjacent to an activating group) is 1. The van der Waals surface area contributed by atoms with E-state index in [-0.39, 0.29) is 5.91 Å². The van der Waals surface area contributed by atoms with Gasteiger partial charge in [0.1, 0.15) is 12.4 Å². The molecule has 0 fully saturated rings. The minimum absolute atomic E-state index is 0.317. The van der Waals surface area contributed by atoms with Gasteiger partial charge in [-0.25, -0.2) is 5.84 Å². The lowest BCUT2D eigenvalue weighted by Crippen LogP contribution is -2.32. The van der Waals surface area contributed by atoms with E-state index in [0.29, 0.717) is 24.0 Å². The van der Waals surface area contributed by atoms with Gasteiger partial charge in [-0.2, -0.15) is 0 Å². The summed E-state index contributed by atoms with van der Waals surface area (Å²) in [5.41, 5.74) is 2.60. The van der Waals surface area contributed by atoms with Crippen molar-refractivity contribution in [3.8, 4) is 5.75 Å². The van der Waals surface area contributed by atoms with Gasteiger partial charge in [-0.05, 0) is 38.6 Å². The zero-order valence-electron chi connectivity index (χ0n) is 11.8. The molecule has 1 rings (SSSR count). The maximum Gasteiger partial charge on any atom is 0.265 e. The van der Waals surface area contributed by atoms with Crippen LogP contribution in [0.2, 0.25) is 0 Å². The third-order valence-corrected chi connectivity index (χ3v) is 3.28. The third kappa shape index (κ3) is 4.89. The van der Waals surface area contributed by atoms with Gasteiger partial charge < -0.3 is 9.64 Å². The van der Waals surface area contributed by atoms with Gasteiger partial charge >= 0.3 is 0 Å². The van der Waals surface area contributed by atoms with Crippen LogP contribution in [-0.2, 0) is 0 Å². The first kappa shape index (κ1) is 15.5. The Morgan fingerprint density at radius 2 is 2.26 bits per heavy atom. The van der Waals surface area contributed by atoms with Crippen LogP contribution in [-0.4, -0.2) is 37.0 Å². The first-order valence-electron chi connectivity index (χ1n) is 6.52. The number of carbonyl (C=O) groups is 1. The molecule has 3 N–H and O–H groups in total. The second-order valence-electron chi connectivity index (χ2n) is 4.59. The standard InChI is InChI=1S/C14H23N3O2/c1-4-11(2)17(3)8-9-19-13-7-5-6-12(10-13)14(18)16-15/h5-7,10-11H,4,8-9,15H2,1-3H3,(H,16,18). The molecule has 0 saturated heterocycles. The SMILES string of the molecule is CCC(C)N(C)CCOc1cccc(C(=O)NN)c1. The summed E-state index contributed by atoms with van der Waals surface area (Å²) in [6.07, 6.45) is 1.11. The topological polar surface area (TPSA) is 67.6 Å². The van der Waals surface area contributed by atoms with Crippen molar-refractivity contribution in [1.82, 2.24) is 10.3 Å². The van der Waals surface area contributed by atoms with Crippen LogP contribution in [0.3, 0.4) is 0 Å². The largest absolute Gasteiger partial charge is 0.492 e. The van der Waals surface area contributed by atoms with Crippen molar-refractivity contribution in [3.63, 3.8) is 0 Å². The fraction of sp³-hybridized carbons (Fsp3) is 0.500. The maximum absolute atomic E-state index is 11.4. The van der Waals surface area contributed by atoms with E-state index in [2.05, 4.69) is 31.2 Å². The Hall–Kier alpha value is -1.59. The van der Waals surface area contributed by atoms with Gasteiger partial charge in [0.15, 0.2) is 0 Å². The van der Waals surface area contributed by atoms with E-state index >= 15 is 0 Å². The molecular formula is C14H23N3O2. The fourth-order valence-corrected chi connectivity index (χ4v) is 1.65. The first-order valence-corrected chi connectivity index (χ1v) is 6.52. The van der Waals surface area contributed by atoms with Gasteiger partial charge in [-0.15, -0.1) is 0 Å². The summed E-state index contributed by atoms with van der Waals surface area (Å²) in [7, 11) is 2.08. The number of hydrazine groups is 1. The smallest absolute Gasteiger partial charge is 0.265 e. The molecule has 1 amide bonds. The van der Waals surface area contributed by atoms with Gasteiger partial charge in [-0.1, -0.05) is 13.0 Å². The second kappa shape index (κ2) is 7.76. The van der Waals surface area contributed by atoms with Gasteiger partial charge in [0.2, 0.25) is 0 Å². The number of hydrogen-bond acceptors (Lipinski definition) is 4. The molecule has 0 aliphatic carbocycles. The van der Waals surface area contributed by atoms with E-state index < -0.39 is 0 Å². The highest BCUT2D eigenvalue weighted by atomic mass is 16.5. The molecule has 1 atom stereocenters. The van der Waals surface area contributed by atoms with Gasteiger partial charge in [0.05, 0.1) is 0 Å². The average molecular weight is 265 g/mol. The van der Waals surface area contributed by atoms with E-state index in [1.165, 1.54) is 0 Å². The number of carbonyl (C=O) groups excluding carboxylic acids is 1. The molecular weight excluding hydrogens is 242 g/mol. The van der Waals surface area contributed by atoms with Crippen molar-refractivity contribution in [3.05, 3.63) is 29.8 Å². The normalized spacial score (nSPS) is 12.3. The van der Waals surface area contributed by atoms with Crippen LogP contribution < -0.4 is 16.0 Å². The van der Waals surface area contributed by atoms with Crippen LogP contribution in [0.5, 0.6) is 5.75 Å². The zero-order valence-corrected chi connectivity index (χ0v) is 11.8. The van der Waals surface area contributed by atoms with Gasteiger partial charge in [-0.3, -0.25) is 10.2 Å². The number of nitrogens with zero attached hydrogens (tertiary/aromatic N) is 1. The lowest BCUT2D eigenvalue weighted by molar-refractivity contribution is 0.0953. The van der Waals surface area contributed by atoms with Crippen molar-refractivity contribution in [2.75, 3.05) is 20.2 Å². The molecule has 1 unspecified atom stereocenters. The lowest BCUT2D eigenvalue weighted by Gasteiger charge is -2.23. The Morgan fingerprint density at radius 3 is 2.89 bits per heavy atom. The molecule has 0 bridgehead atoms. The van der Waals surface area contributed by atoms with Crippen LogP contribution in [0.4, 0.5) is 0 Å². The molecule has 0 radical (unpaired) electrons. The lowest BCUT2D eigenvalue weighted by atomic mass is 10.2. The van der Waals surface area contributed by atoms with Crippen molar-refractivity contribution < 1.29 is 9.53 Å². The molecule has 5 nitrogen and oxygen atoms in total. The summed E-state index contributed by atoms with van der Waals surface area (Å²) >= 11 is 0. The van der Waals surface area contributed by atoms with E-state index in [1.54, 1.807) is 18.2 Å².